The molecule has 1 aliphatic rings. The number of carbonyl (C=O) groups is 2. The summed E-state index contributed by atoms with van der Waals surface area (Å²) in [6.45, 7) is 3.71. The molecule has 118 valence electrons. The summed E-state index contributed by atoms with van der Waals surface area (Å²) in [5, 5.41) is 2.57. The number of para-hydroxylation sites is 1. The standard InChI is InChI=1S/C16H19FN2O2S/c1-3-6-11(2)16(21)19-10-22-9-14(19)15(20)18-13-8-5-4-7-12(13)17/h4-8,14H,3,9-10H2,1-2H3,(H,18,20)/b11-6+. The Hall–Kier alpha value is -1.82. The second-order valence-electron chi connectivity index (χ2n) is 5.06. The minimum atomic E-state index is -0.572. The normalized spacial score (nSPS) is 18.4. The first-order chi connectivity index (χ1) is 10.5. The van der Waals surface area contributed by atoms with E-state index in [4.69, 9.17) is 0 Å². The Kier molecular flexibility index (Phi) is 5.60. The summed E-state index contributed by atoms with van der Waals surface area (Å²) in [5.74, 6) is 0.0174. The molecular formula is C16H19FN2O2S. The monoisotopic (exact) mass is 322 g/mol. The van der Waals surface area contributed by atoms with Crippen molar-refractivity contribution in [3.63, 3.8) is 0 Å². The van der Waals surface area contributed by atoms with Crippen LogP contribution in [0, 0.1) is 5.82 Å². The molecule has 1 atom stereocenters. The Morgan fingerprint density at radius 2 is 2.18 bits per heavy atom. The lowest BCUT2D eigenvalue weighted by Crippen LogP contribution is -2.44. The zero-order valence-corrected chi connectivity index (χ0v) is 13.5. The van der Waals surface area contributed by atoms with E-state index in [1.165, 1.54) is 23.9 Å². The van der Waals surface area contributed by atoms with Crippen molar-refractivity contribution in [2.45, 2.75) is 26.3 Å². The van der Waals surface area contributed by atoms with Crippen LogP contribution < -0.4 is 5.32 Å². The SMILES string of the molecule is CC/C=C(\C)C(=O)N1CSCC1C(=O)Nc1ccccc1F. The van der Waals surface area contributed by atoms with Crippen molar-refractivity contribution in [3.8, 4) is 0 Å². The minimum absolute atomic E-state index is 0.137. The molecule has 1 aliphatic heterocycles. The second-order valence-corrected chi connectivity index (χ2v) is 6.05. The molecular weight excluding hydrogens is 303 g/mol. The number of carbonyl (C=O) groups excluding carboxylic acids is 2. The van der Waals surface area contributed by atoms with Crippen LogP contribution in [0.3, 0.4) is 0 Å². The molecule has 0 radical (unpaired) electrons. The summed E-state index contributed by atoms with van der Waals surface area (Å²) >= 11 is 1.52. The van der Waals surface area contributed by atoms with Crippen LogP contribution in [0.5, 0.6) is 0 Å². The lowest BCUT2D eigenvalue weighted by molar-refractivity contribution is -0.133. The van der Waals surface area contributed by atoms with Crippen molar-refractivity contribution in [3.05, 3.63) is 41.7 Å². The van der Waals surface area contributed by atoms with E-state index in [1.807, 2.05) is 13.0 Å². The molecule has 0 saturated carbocycles. The van der Waals surface area contributed by atoms with Crippen LogP contribution in [0.15, 0.2) is 35.9 Å². The third kappa shape index (κ3) is 3.68. The number of hydrogen-bond acceptors (Lipinski definition) is 3. The first-order valence-corrected chi connectivity index (χ1v) is 8.31. The van der Waals surface area contributed by atoms with Gasteiger partial charge in [0.05, 0.1) is 11.6 Å². The fraction of sp³-hybridized carbons (Fsp3) is 0.375. The molecule has 1 N–H and O–H groups in total. The fourth-order valence-corrected chi connectivity index (χ4v) is 3.41. The van der Waals surface area contributed by atoms with Gasteiger partial charge in [0, 0.05) is 11.3 Å². The summed E-state index contributed by atoms with van der Waals surface area (Å²) in [4.78, 5) is 26.3. The van der Waals surface area contributed by atoms with Crippen molar-refractivity contribution in [1.82, 2.24) is 4.90 Å². The Morgan fingerprint density at radius 3 is 2.86 bits per heavy atom. The minimum Gasteiger partial charge on any atom is -0.322 e. The average molecular weight is 322 g/mol. The molecule has 0 bridgehead atoms. The van der Waals surface area contributed by atoms with Crippen molar-refractivity contribution >= 4 is 29.3 Å². The summed E-state index contributed by atoms with van der Waals surface area (Å²) in [6, 6.07) is 5.43. The van der Waals surface area contributed by atoms with Gasteiger partial charge in [-0.1, -0.05) is 25.1 Å². The predicted octanol–water partition coefficient (Wildman–Crippen LogP) is 3.02. The molecule has 22 heavy (non-hydrogen) atoms. The third-order valence-corrected chi connectivity index (χ3v) is 4.44. The molecule has 0 spiro atoms. The summed E-state index contributed by atoms with van der Waals surface area (Å²) in [6.07, 6.45) is 2.61. The number of allylic oxidation sites excluding steroid dienone is 1. The highest BCUT2D eigenvalue weighted by Crippen LogP contribution is 2.24. The van der Waals surface area contributed by atoms with Crippen LogP contribution in [0.25, 0.3) is 0 Å². The van der Waals surface area contributed by atoms with Gasteiger partial charge in [-0.25, -0.2) is 4.39 Å². The maximum atomic E-state index is 13.6. The molecule has 1 aromatic carbocycles. The van der Waals surface area contributed by atoms with Crippen molar-refractivity contribution < 1.29 is 14.0 Å². The number of anilines is 1. The molecule has 2 amide bonds. The maximum Gasteiger partial charge on any atom is 0.250 e. The molecule has 0 aliphatic carbocycles. The summed E-state index contributed by atoms with van der Waals surface area (Å²) in [7, 11) is 0. The van der Waals surface area contributed by atoms with Crippen molar-refractivity contribution in [2.75, 3.05) is 16.9 Å². The lowest BCUT2D eigenvalue weighted by Gasteiger charge is -2.23. The Labute approximate surface area is 133 Å². The second kappa shape index (κ2) is 7.45. The van der Waals surface area contributed by atoms with Gasteiger partial charge in [-0.05, 0) is 25.5 Å². The van der Waals surface area contributed by atoms with Crippen LogP contribution in [0.4, 0.5) is 10.1 Å². The van der Waals surface area contributed by atoms with E-state index in [1.54, 1.807) is 24.0 Å². The number of nitrogens with one attached hydrogen (secondary N) is 1. The van der Waals surface area contributed by atoms with E-state index < -0.39 is 11.9 Å². The number of hydrogen-bond donors (Lipinski definition) is 1. The quantitative estimate of drug-likeness (QED) is 0.867. The topological polar surface area (TPSA) is 49.4 Å². The van der Waals surface area contributed by atoms with Crippen LogP contribution in [-0.2, 0) is 9.59 Å². The third-order valence-electron chi connectivity index (χ3n) is 3.43. The van der Waals surface area contributed by atoms with Gasteiger partial charge in [0.1, 0.15) is 11.9 Å². The molecule has 2 rings (SSSR count). The molecule has 0 aromatic heterocycles. The van der Waals surface area contributed by atoms with Crippen LogP contribution >= 0.6 is 11.8 Å². The molecule has 1 unspecified atom stereocenters. The number of benzene rings is 1. The Balaban J connectivity index is 2.10. The van der Waals surface area contributed by atoms with Gasteiger partial charge in [0.15, 0.2) is 0 Å². The van der Waals surface area contributed by atoms with E-state index in [0.717, 1.165) is 6.42 Å². The average Bonchev–Trinajstić information content (AvgIpc) is 2.98. The lowest BCUT2D eigenvalue weighted by atomic mass is 10.2. The van der Waals surface area contributed by atoms with Crippen molar-refractivity contribution in [1.29, 1.82) is 0 Å². The van der Waals surface area contributed by atoms with Gasteiger partial charge in [-0.3, -0.25) is 9.59 Å². The zero-order valence-electron chi connectivity index (χ0n) is 12.6. The van der Waals surface area contributed by atoms with Crippen LogP contribution in [0.1, 0.15) is 20.3 Å². The molecule has 6 heteroatoms. The van der Waals surface area contributed by atoms with E-state index in [0.29, 0.717) is 17.2 Å². The number of nitrogens with zero attached hydrogens (tertiary/aromatic N) is 1. The summed E-state index contributed by atoms with van der Waals surface area (Å²) < 4.78 is 13.6. The van der Waals surface area contributed by atoms with Gasteiger partial charge < -0.3 is 10.2 Å². The van der Waals surface area contributed by atoms with Gasteiger partial charge in [-0.2, -0.15) is 0 Å². The molecule has 1 aromatic rings. The fourth-order valence-electron chi connectivity index (χ4n) is 2.26. The van der Waals surface area contributed by atoms with Crippen LogP contribution in [-0.4, -0.2) is 34.4 Å². The van der Waals surface area contributed by atoms with Gasteiger partial charge >= 0.3 is 0 Å². The first-order valence-electron chi connectivity index (χ1n) is 7.15. The first kappa shape index (κ1) is 16.5. The van der Waals surface area contributed by atoms with Crippen LogP contribution in [0.2, 0.25) is 0 Å². The highest BCUT2D eigenvalue weighted by molar-refractivity contribution is 7.99. The highest BCUT2D eigenvalue weighted by Gasteiger charge is 2.35. The molecule has 4 nitrogen and oxygen atoms in total. The van der Waals surface area contributed by atoms with Gasteiger partial charge in [0.25, 0.3) is 5.91 Å². The smallest absolute Gasteiger partial charge is 0.250 e. The highest BCUT2D eigenvalue weighted by atomic mass is 32.2. The number of thioether (sulfide) groups is 1. The van der Waals surface area contributed by atoms with E-state index in [9.17, 15) is 14.0 Å². The zero-order chi connectivity index (χ0) is 16.1. The molecule has 1 heterocycles. The Bertz CT molecular complexity index is 604. The van der Waals surface area contributed by atoms with E-state index in [2.05, 4.69) is 5.32 Å². The molecule has 1 fully saturated rings. The van der Waals surface area contributed by atoms with Gasteiger partial charge in [-0.15, -0.1) is 11.8 Å². The summed E-state index contributed by atoms with van der Waals surface area (Å²) in [5.41, 5.74) is 0.770. The van der Waals surface area contributed by atoms with Crippen molar-refractivity contribution in [2.24, 2.45) is 0 Å². The predicted molar refractivity (Wildman–Crippen MR) is 87.0 cm³/mol. The number of halogens is 1. The molecule has 1 saturated heterocycles. The number of amides is 2. The largest absolute Gasteiger partial charge is 0.322 e. The van der Waals surface area contributed by atoms with Gasteiger partial charge in [0.2, 0.25) is 5.91 Å². The maximum absolute atomic E-state index is 13.6. The Morgan fingerprint density at radius 1 is 1.45 bits per heavy atom. The van der Waals surface area contributed by atoms with E-state index in [-0.39, 0.29) is 17.5 Å². The number of rotatable bonds is 4. The van der Waals surface area contributed by atoms with E-state index >= 15 is 0 Å².